The van der Waals surface area contributed by atoms with Gasteiger partial charge in [0.25, 0.3) is 5.78 Å². The number of ether oxygens (including phenoxy) is 2. The summed E-state index contributed by atoms with van der Waals surface area (Å²) >= 11 is 5.92. The molecule has 0 saturated carbocycles. The number of anilines is 1. The van der Waals surface area contributed by atoms with Crippen LogP contribution in [-0.4, -0.2) is 68.7 Å². The molecule has 9 nitrogen and oxygen atoms in total. The lowest BCUT2D eigenvalue weighted by Crippen LogP contribution is -2.50. The van der Waals surface area contributed by atoms with E-state index < -0.39 is 5.38 Å². The summed E-state index contributed by atoms with van der Waals surface area (Å²) in [5.41, 5.74) is 1.79. The third-order valence-electron chi connectivity index (χ3n) is 5.11. The molecule has 0 radical (unpaired) electrons. The van der Waals surface area contributed by atoms with E-state index in [0.717, 1.165) is 17.0 Å². The highest BCUT2D eigenvalue weighted by Crippen LogP contribution is 2.35. The van der Waals surface area contributed by atoms with E-state index in [1.165, 1.54) is 0 Å². The number of carbonyl (C=O) groups is 1. The molecule has 1 fully saturated rings. The Morgan fingerprint density at radius 2 is 1.93 bits per heavy atom. The van der Waals surface area contributed by atoms with E-state index in [-0.39, 0.29) is 12.7 Å². The number of aromatic nitrogens is 4. The molecule has 0 unspecified atom stereocenters. The Morgan fingerprint density at radius 1 is 1.14 bits per heavy atom. The molecule has 5 rings (SSSR count). The summed E-state index contributed by atoms with van der Waals surface area (Å²) in [6.45, 7) is 4.40. The van der Waals surface area contributed by atoms with Gasteiger partial charge in [-0.3, -0.25) is 4.79 Å². The Morgan fingerprint density at radius 3 is 2.72 bits per heavy atom. The zero-order valence-corrected chi connectivity index (χ0v) is 16.5. The van der Waals surface area contributed by atoms with Gasteiger partial charge in [0, 0.05) is 37.9 Å². The van der Waals surface area contributed by atoms with Gasteiger partial charge in [-0.2, -0.15) is 9.50 Å². The maximum Gasteiger partial charge on any atom is 0.254 e. The van der Waals surface area contributed by atoms with Crippen LogP contribution in [0.2, 0.25) is 0 Å². The molecule has 0 N–H and O–H groups in total. The highest BCUT2D eigenvalue weighted by Gasteiger charge is 2.26. The van der Waals surface area contributed by atoms with Crippen molar-refractivity contribution in [2.75, 3.05) is 37.9 Å². The molecule has 2 aliphatic rings. The van der Waals surface area contributed by atoms with E-state index in [9.17, 15) is 4.79 Å². The van der Waals surface area contributed by atoms with Gasteiger partial charge in [-0.1, -0.05) is 0 Å². The maximum atomic E-state index is 12.1. The van der Waals surface area contributed by atoms with Crippen molar-refractivity contribution >= 4 is 29.2 Å². The summed E-state index contributed by atoms with van der Waals surface area (Å²) in [4.78, 5) is 24.8. The van der Waals surface area contributed by atoms with Crippen molar-refractivity contribution in [1.29, 1.82) is 0 Å². The van der Waals surface area contributed by atoms with Gasteiger partial charge in [0.15, 0.2) is 11.5 Å². The predicted octanol–water partition coefficient (Wildman–Crippen LogP) is 1.80. The fourth-order valence-corrected chi connectivity index (χ4v) is 3.71. The third kappa shape index (κ3) is 3.21. The van der Waals surface area contributed by atoms with Crippen LogP contribution in [-0.2, 0) is 4.79 Å². The number of amides is 1. The van der Waals surface area contributed by atoms with Gasteiger partial charge < -0.3 is 19.3 Å². The molecular weight excluding hydrogens is 396 g/mol. The van der Waals surface area contributed by atoms with Crippen molar-refractivity contribution < 1.29 is 14.3 Å². The second-order valence-corrected chi connectivity index (χ2v) is 7.60. The highest BCUT2D eigenvalue weighted by molar-refractivity contribution is 6.30. The minimum absolute atomic E-state index is 0.0407. The third-order valence-corrected chi connectivity index (χ3v) is 5.30. The maximum absolute atomic E-state index is 12.1. The Labute approximate surface area is 171 Å². The number of alkyl halides is 1. The van der Waals surface area contributed by atoms with Gasteiger partial charge in [0.2, 0.25) is 18.6 Å². The molecule has 1 saturated heterocycles. The van der Waals surface area contributed by atoms with Crippen LogP contribution in [0.5, 0.6) is 11.5 Å². The van der Waals surface area contributed by atoms with Crippen LogP contribution < -0.4 is 14.4 Å². The summed E-state index contributed by atoms with van der Waals surface area (Å²) in [6.07, 6.45) is 1.71. The van der Waals surface area contributed by atoms with Crippen molar-refractivity contribution in [1.82, 2.24) is 24.5 Å². The van der Waals surface area contributed by atoms with Crippen molar-refractivity contribution in [3.8, 4) is 22.8 Å². The van der Waals surface area contributed by atoms with Crippen LogP contribution in [0.1, 0.15) is 6.92 Å². The molecular formula is C19H19ClN6O3. The first kappa shape index (κ1) is 18.0. The van der Waals surface area contributed by atoms with Crippen molar-refractivity contribution in [2.45, 2.75) is 12.3 Å². The number of carbonyl (C=O) groups excluding carboxylic acids is 1. The van der Waals surface area contributed by atoms with Crippen LogP contribution in [0.4, 0.5) is 5.95 Å². The lowest BCUT2D eigenvalue weighted by molar-refractivity contribution is -0.130. The average Bonchev–Trinajstić information content (AvgIpc) is 3.39. The molecule has 0 spiro atoms. The Balaban J connectivity index is 1.42. The number of halogens is 1. The van der Waals surface area contributed by atoms with Crippen LogP contribution in [0.15, 0.2) is 30.5 Å². The molecule has 1 atom stereocenters. The number of benzene rings is 1. The first-order chi connectivity index (χ1) is 14.1. The lowest BCUT2D eigenvalue weighted by Gasteiger charge is -2.34. The number of nitrogens with zero attached hydrogens (tertiary/aromatic N) is 6. The first-order valence-corrected chi connectivity index (χ1v) is 9.83. The SMILES string of the molecule is C[C@H](Cl)C(=O)N1CCN(c2nc3nccc(-c4ccc5c(c4)OCO5)n3n2)CC1. The van der Waals surface area contributed by atoms with Crippen LogP contribution in [0.25, 0.3) is 17.0 Å². The molecule has 3 aromatic rings. The normalized spacial score (nSPS) is 17.0. The minimum Gasteiger partial charge on any atom is -0.454 e. The van der Waals surface area contributed by atoms with Gasteiger partial charge in [-0.15, -0.1) is 16.7 Å². The Kier molecular flexibility index (Phi) is 4.39. The van der Waals surface area contributed by atoms with Crippen molar-refractivity contribution in [3.63, 3.8) is 0 Å². The summed E-state index contributed by atoms with van der Waals surface area (Å²) in [5, 5.41) is 4.17. The number of fused-ring (bicyclic) bond motifs is 2. The second kappa shape index (κ2) is 7.07. The van der Waals surface area contributed by atoms with Gasteiger partial charge in [0.1, 0.15) is 5.38 Å². The molecule has 29 heavy (non-hydrogen) atoms. The second-order valence-electron chi connectivity index (χ2n) is 6.95. The van der Waals surface area contributed by atoms with Gasteiger partial charge in [-0.25, -0.2) is 4.98 Å². The van der Waals surface area contributed by atoms with Crippen LogP contribution in [0, 0.1) is 0 Å². The molecule has 0 bridgehead atoms. The van der Waals surface area contributed by atoms with Gasteiger partial charge in [0.05, 0.1) is 5.69 Å². The largest absolute Gasteiger partial charge is 0.454 e. The summed E-state index contributed by atoms with van der Waals surface area (Å²) < 4.78 is 12.6. The zero-order valence-electron chi connectivity index (χ0n) is 15.8. The van der Waals surface area contributed by atoms with E-state index in [2.05, 4.69) is 20.0 Å². The van der Waals surface area contributed by atoms with E-state index in [1.807, 2.05) is 24.3 Å². The molecule has 10 heteroatoms. The topological polar surface area (TPSA) is 85.1 Å². The number of hydrogen-bond acceptors (Lipinski definition) is 7. The molecule has 1 aromatic carbocycles. The monoisotopic (exact) mass is 414 g/mol. The van der Waals surface area contributed by atoms with Crippen molar-refractivity contribution in [3.05, 3.63) is 30.5 Å². The van der Waals surface area contributed by atoms with Crippen LogP contribution in [0.3, 0.4) is 0 Å². The van der Waals surface area contributed by atoms with Gasteiger partial charge >= 0.3 is 0 Å². The fraction of sp³-hybridized carbons (Fsp3) is 0.368. The number of piperazine rings is 1. The van der Waals surface area contributed by atoms with Crippen molar-refractivity contribution in [2.24, 2.45) is 0 Å². The lowest BCUT2D eigenvalue weighted by atomic mass is 10.1. The van der Waals surface area contributed by atoms with E-state index in [1.54, 1.807) is 22.5 Å². The molecule has 1 amide bonds. The Bertz CT molecular complexity index is 1080. The first-order valence-electron chi connectivity index (χ1n) is 9.40. The standard InChI is InChI=1S/C19H19ClN6O3/c1-12(20)17(27)24-6-8-25(9-7-24)19-22-18-21-5-4-14(26(18)23-19)13-2-3-15-16(10-13)29-11-28-15/h2-5,10,12H,6-9,11H2,1H3/t12-/m0/s1. The van der Waals surface area contributed by atoms with E-state index in [4.69, 9.17) is 21.1 Å². The van der Waals surface area contributed by atoms with E-state index >= 15 is 0 Å². The molecule has 150 valence electrons. The fourth-order valence-electron chi connectivity index (χ4n) is 3.57. The summed E-state index contributed by atoms with van der Waals surface area (Å²) in [5.74, 6) is 2.51. The molecule has 0 aliphatic carbocycles. The number of rotatable bonds is 3. The molecule has 2 aromatic heterocycles. The number of hydrogen-bond donors (Lipinski definition) is 0. The molecule has 4 heterocycles. The predicted molar refractivity (Wildman–Crippen MR) is 106 cm³/mol. The summed E-state index contributed by atoms with van der Waals surface area (Å²) in [6, 6.07) is 7.66. The average molecular weight is 415 g/mol. The Hall–Kier alpha value is -3.07. The quantitative estimate of drug-likeness (QED) is 0.604. The van der Waals surface area contributed by atoms with Gasteiger partial charge in [-0.05, 0) is 31.2 Å². The van der Waals surface area contributed by atoms with Crippen LogP contribution >= 0.6 is 11.6 Å². The smallest absolute Gasteiger partial charge is 0.254 e. The molecule has 2 aliphatic heterocycles. The minimum atomic E-state index is -0.511. The van der Waals surface area contributed by atoms with E-state index in [0.29, 0.717) is 43.7 Å². The summed E-state index contributed by atoms with van der Waals surface area (Å²) in [7, 11) is 0. The zero-order chi connectivity index (χ0) is 20.0. The highest BCUT2D eigenvalue weighted by atomic mass is 35.5.